The van der Waals surface area contributed by atoms with Gasteiger partial charge in [0.25, 0.3) is 0 Å². The first-order valence-electron chi connectivity index (χ1n) is 5.43. The number of hydrogen-bond acceptors (Lipinski definition) is 1. The Kier molecular flexibility index (Phi) is 4.66. The number of rotatable bonds is 2. The minimum atomic E-state index is 0.470. The Morgan fingerprint density at radius 1 is 1.11 bits per heavy atom. The molecule has 2 aromatic rings. The quantitative estimate of drug-likeness (QED) is 0.493. The maximum Gasteiger partial charge on any atom is 0.0998 e. The first kappa shape index (κ1) is 14.1. The number of benzene rings is 2. The van der Waals surface area contributed by atoms with Crippen LogP contribution in [0.2, 0.25) is 10.0 Å². The van der Waals surface area contributed by atoms with Crippen LogP contribution in [-0.2, 0) is 0 Å². The Morgan fingerprint density at radius 2 is 1.79 bits per heavy atom. The van der Waals surface area contributed by atoms with Gasteiger partial charge < -0.3 is 0 Å². The van der Waals surface area contributed by atoms with Gasteiger partial charge in [-0.05, 0) is 35.9 Å². The van der Waals surface area contributed by atoms with Crippen LogP contribution in [0.3, 0.4) is 0 Å². The summed E-state index contributed by atoms with van der Waals surface area (Å²) in [5.41, 5.74) is 2.12. The average Bonchev–Trinajstić information content (AvgIpc) is 2.39. The molecule has 0 amide bonds. The van der Waals surface area contributed by atoms with Crippen molar-refractivity contribution in [3.05, 3.63) is 68.1 Å². The van der Waals surface area contributed by atoms with Crippen LogP contribution in [-0.4, -0.2) is 0 Å². The van der Waals surface area contributed by atoms with E-state index in [1.807, 2.05) is 24.3 Å². The Hall–Kier alpha value is -1.27. The minimum Gasteiger partial charge on any atom is -0.192 e. The predicted octanol–water partition coefficient (Wildman–Crippen LogP) is 5.82. The molecule has 0 aliphatic carbocycles. The monoisotopic (exact) mass is 351 g/mol. The molecular weight excluding hydrogens is 345 g/mol. The van der Waals surface area contributed by atoms with Crippen molar-refractivity contribution in [2.45, 2.75) is 0 Å². The third-order valence-electron chi connectivity index (χ3n) is 2.52. The van der Waals surface area contributed by atoms with E-state index >= 15 is 0 Å². The first-order valence-corrected chi connectivity index (χ1v) is 6.98. The van der Waals surface area contributed by atoms with E-state index in [-0.39, 0.29) is 0 Å². The second-order valence-electron chi connectivity index (χ2n) is 3.85. The molecule has 0 aromatic heterocycles. The molecule has 0 spiro atoms. The van der Waals surface area contributed by atoms with Crippen LogP contribution in [0.15, 0.2) is 46.9 Å². The van der Waals surface area contributed by atoms with Crippen molar-refractivity contribution in [1.82, 2.24) is 0 Å². The Labute approximate surface area is 130 Å². The Balaban J connectivity index is 2.45. The van der Waals surface area contributed by atoms with Gasteiger partial charge in [0.2, 0.25) is 0 Å². The molecular formula is C15H8BrCl2N. The second kappa shape index (κ2) is 6.25. The van der Waals surface area contributed by atoms with Crippen LogP contribution in [0, 0.1) is 11.3 Å². The number of nitrogens with zero attached hydrogens (tertiary/aromatic N) is 1. The van der Waals surface area contributed by atoms with Crippen LogP contribution in [0.1, 0.15) is 11.1 Å². The van der Waals surface area contributed by atoms with Crippen LogP contribution in [0.25, 0.3) is 11.6 Å². The molecule has 1 nitrogen and oxygen atoms in total. The summed E-state index contributed by atoms with van der Waals surface area (Å²) in [6, 6.07) is 14.9. The third kappa shape index (κ3) is 3.61. The maximum absolute atomic E-state index is 9.27. The van der Waals surface area contributed by atoms with Gasteiger partial charge in [-0.3, -0.25) is 0 Å². The Bertz CT molecular complexity index is 670. The highest BCUT2D eigenvalue weighted by Gasteiger charge is 2.07. The van der Waals surface area contributed by atoms with Crippen LogP contribution < -0.4 is 0 Å². The summed E-state index contributed by atoms with van der Waals surface area (Å²) < 4.78 is 0.993. The third-order valence-corrected chi connectivity index (χ3v) is 3.60. The molecule has 0 bridgehead atoms. The smallest absolute Gasteiger partial charge is 0.0998 e. The molecule has 0 unspecified atom stereocenters. The second-order valence-corrected chi connectivity index (χ2v) is 5.60. The molecule has 2 aromatic carbocycles. The lowest BCUT2D eigenvalue weighted by Crippen LogP contribution is -1.84. The highest BCUT2D eigenvalue weighted by molar-refractivity contribution is 9.10. The van der Waals surface area contributed by atoms with Crippen LogP contribution in [0.4, 0.5) is 0 Å². The molecule has 0 heterocycles. The van der Waals surface area contributed by atoms with E-state index in [0.717, 1.165) is 10.0 Å². The summed E-state index contributed by atoms with van der Waals surface area (Å²) in [5.74, 6) is 0. The standard InChI is InChI=1S/C15H8BrCl2N/c16-12-3-1-10(2-4-12)7-11(9-19)14-6-5-13(17)8-15(14)18/h1-8H/b11-7+. The molecule has 94 valence electrons. The SMILES string of the molecule is N#C/C(=C\c1ccc(Br)cc1)c1ccc(Cl)cc1Cl. The van der Waals surface area contributed by atoms with Gasteiger partial charge in [-0.1, -0.05) is 57.3 Å². The lowest BCUT2D eigenvalue weighted by Gasteiger charge is -2.03. The average molecular weight is 353 g/mol. The Morgan fingerprint density at radius 3 is 2.37 bits per heavy atom. The van der Waals surface area contributed by atoms with Crippen molar-refractivity contribution in [3.8, 4) is 6.07 Å². The number of allylic oxidation sites excluding steroid dienone is 1. The summed E-state index contributed by atoms with van der Waals surface area (Å²) in [7, 11) is 0. The van der Waals surface area contributed by atoms with E-state index in [1.165, 1.54) is 0 Å². The first-order chi connectivity index (χ1) is 9.10. The highest BCUT2D eigenvalue weighted by atomic mass is 79.9. The van der Waals surface area contributed by atoms with Crippen LogP contribution >= 0.6 is 39.1 Å². The lowest BCUT2D eigenvalue weighted by atomic mass is 10.0. The summed E-state index contributed by atoms with van der Waals surface area (Å²) >= 11 is 15.3. The molecule has 2 rings (SSSR count). The summed E-state index contributed by atoms with van der Waals surface area (Å²) in [5, 5.41) is 10.3. The van der Waals surface area contributed by atoms with Crippen molar-refractivity contribution in [3.63, 3.8) is 0 Å². The van der Waals surface area contributed by atoms with Gasteiger partial charge in [-0.15, -0.1) is 0 Å². The zero-order valence-corrected chi connectivity index (χ0v) is 12.8. The van der Waals surface area contributed by atoms with Gasteiger partial charge in [-0.25, -0.2) is 0 Å². The van der Waals surface area contributed by atoms with E-state index in [0.29, 0.717) is 21.2 Å². The summed E-state index contributed by atoms with van der Waals surface area (Å²) in [6.07, 6.45) is 1.79. The highest BCUT2D eigenvalue weighted by Crippen LogP contribution is 2.28. The molecule has 0 radical (unpaired) electrons. The zero-order valence-electron chi connectivity index (χ0n) is 9.70. The lowest BCUT2D eigenvalue weighted by molar-refractivity contribution is 1.52. The minimum absolute atomic E-state index is 0.470. The number of hydrogen-bond donors (Lipinski definition) is 0. The molecule has 0 aliphatic heterocycles. The van der Waals surface area contributed by atoms with Gasteiger partial charge in [0.1, 0.15) is 0 Å². The zero-order chi connectivity index (χ0) is 13.8. The van der Waals surface area contributed by atoms with Gasteiger partial charge in [0.05, 0.1) is 16.7 Å². The normalized spacial score (nSPS) is 11.2. The van der Waals surface area contributed by atoms with Gasteiger partial charge >= 0.3 is 0 Å². The van der Waals surface area contributed by atoms with E-state index in [1.54, 1.807) is 24.3 Å². The molecule has 0 fully saturated rings. The van der Waals surface area contributed by atoms with Crippen molar-refractivity contribution in [2.24, 2.45) is 0 Å². The topological polar surface area (TPSA) is 23.8 Å². The predicted molar refractivity (Wildman–Crippen MR) is 84.1 cm³/mol. The summed E-state index contributed by atoms with van der Waals surface area (Å²) in [6.45, 7) is 0. The molecule has 0 N–H and O–H groups in total. The fraction of sp³-hybridized carbons (Fsp3) is 0. The van der Waals surface area contributed by atoms with Gasteiger partial charge in [-0.2, -0.15) is 5.26 Å². The van der Waals surface area contributed by atoms with Crippen LogP contribution in [0.5, 0.6) is 0 Å². The van der Waals surface area contributed by atoms with Crippen molar-refractivity contribution in [1.29, 1.82) is 5.26 Å². The largest absolute Gasteiger partial charge is 0.192 e. The molecule has 0 saturated carbocycles. The van der Waals surface area contributed by atoms with Crippen molar-refractivity contribution < 1.29 is 0 Å². The summed E-state index contributed by atoms with van der Waals surface area (Å²) in [4.78, 5) is 0. The molecule has 0 aliphatic rings. The van der Waals surface area contributed by atoms with E-state index in [2.05, 4.69) is 22.0 Å². The molecule has 0 atom stereocenters. The van der Waals surface area contributed by atoms with Gasteiger partial charge in [0.15, 0.2) is 0 Å². The molecule has 4 heteroatoms. The fourth-order valence-corrected chi connectivity index (χ4v) is 2.38. The van der Waals surface area contributed by atoms with E-state index in [9.17, 15) is 5.26 Å². The number of halogens is 3. The fourth-order valence-electron chi connectivity index (χ4n) is 1.60. The molecule has 19 heavy (non-hydrogen) atoms. The van der Waals surface area contributed by atoms with Crippen molar-refractivity contribution >= 4 is 50.8 Å². The van der Waals surface area contributed by atoms with E-state index < -0.39 is 0 Å². The maximum atomic E-state index is 9.27. The van der Waals surface area contributed by atoms with Gasteiger partial charge in [0, 0.05) is 15.1 Å². The number of nitriles is 1. The van der Waals surface area contributed by atoms with Crippen molar-refractivity contribution in [2.75, 3.05) is 0 Å². The molecule has 0 saturated heterocycles. The van der Waals surface area contributed by atoms with E-state index in [4.69, 9.17) is 23.2 Å².